The summed E-state index contributed by atoms with van der Waals surface area (Å²) in [6.45, 7) is 4.03. The average molecular weight is 258 g/mol. The van der Waals surface area contributed by atoms with E-state index in [9.17, 15) is 4.79 Å². The minimum atomic E-state index is 0.137. The van der Waals surface area contributed by atoms with E-state index in [1.54, 1.807) is 0 Å². The van der Waals surface area contributed by atoms with Crippen molar-refractivity contribution >= 4 is 5.91 Å². The van der Waals surface area contributed by atoms with Crippen molar-refractivity contribution < 1.29 is 4.79 Å². The first-order valence-electron chi connectivity index (χ1n) is 7.32. The van der Waals surface area contributed by atoms with Crippen LogP contribution in [0.4, 0.5) is 0 Å². The standard InChI is InChI=1S/C16H22N2O/c1-11(14-9-17-10-14)16(19)18-15-7-6-12-4-2-3-5-13(12)8-15/h2-5,11,14-15,17H,6-10H2,1H3,(H,18,19). The van der Waals surface area contributed by atoms with Gasteiger partial charge < -0.3 is 10.6 Å². The summed E-state index contributed by atoms with van der Waals surface area (Å²) in [7, 11) is 0. The minimum Gasteiger partial charge on any atom is -0.353 e. The smallest absolute Gasteiger partial charge is 0.223 e. The third-order valence-electron chi connectivity index (χ3n) is 4.63. The lowest BCUT2D eigenvalue weighted by Gasteiger charge is -2.33. The molecule has 0 radical (unpaired) electrons. The van der Waals surface area contributed by atoms with Gasteiger partial charge in [0.1, 0.15) is 0 Å². The van der Waals surface area contributed by atoms with Gasteiger partial charge in [0.25, 0.3) is 0 Å². The van der Waals surface area contributed by atoms with Gasteiger partial charge in [-0.25, -0.2) is 0 Å². The normalized spacial score (nSPS) is 24.2. The van der Waals surface area contributed by atoms with E-state index in [1.807, 2.05) is 0 Å². The monoisotopic (exact) mass is 258 g/mol. The van der Waals surface area contributed by atoms with E-state index in [1.165, 1.54) is 11.1 Å². The number of fused-ring (bicyclic) bond motifs is 1. The number of hydrogen-bond donors (Lipinski definition) is 2. The highest BCUT2D eigenvalue weighted by Gasteiger charge is 2.30. The molecule has 1 aromatic carbocycles. The van der Waals surface area contributed by atoms with E-state index in [2.05, 4.69) is 41.8 Å². The molecule has 2 aliphatic rings. The maximum atomic E-state index is 12.2. The molecule has 1 aromatic rings. The largest absolute Gasteiger partial charge is 0.353 e. The molecule has 1 fully saturated rings. The highest BCUT2D eigenvalue weighted by molar-refractivity contribution is 5.79. The number of aryl methyl sites for hydroxylation is 1. The van der Waals surface area contributed by atoms with Crippen LogP contribution in [0.1, 0.15) is 24.5 Å². The molecule has 2 unspecified atom stereocenters. The molecule has 1 aliphatic carbocycles. The number of amides is 1. The van der Waals surface area contributed by atoms with E-state index in [0.29, 0.717) is 12.0 Å². The molecule has 3 rings (SSSR count). The Morgan fingerprint density at radius 3 is 2.74 bits per heavy atom. The summed E-state index contributed by atoms with van der Waals surface area (Å²) in [6, 6.07) is 8.90. The van der Waals surface area contributed by atoms with Crippen LogP contribution in [-0.4, -0.2) is 25.0 Å². The maximum absolute atomic E-state index is 12.2. The van der Waals surface area contributed by atoms with Crippen molar-refractivity contribution in [1.29, 1.82) is 0 Å². The van der Waals surface area contributed by atoms with Gasteiger partial charge in [0, 0.05) is 12.0 Å². The molecule has 2 atom stereocenters. The zero-order valence-electron chi connectivity index (χ0n) is 11.5. The Bertz CT molecular complexity index is 468. The number of rotatable bonds is 3. The Balaban J connectivity index is 1.58. The van der Waals surface area contributed by atoms with Gasteiger partial charge in [-0.3, -0.25) is 4.79 Å². The van der Waals surface area contributed by atoms with Gasteiger partial charge in [-0.2, -0.15) is 0 Å². The van der Waals surface area contributed by atoms with Crippen LogP contribution >= 0.6 is 0 Å². The van der Waals surface area contributed by atoms with Crippen LogP contribution in [0.2, 0.25) is 0 Å². The highest BCUT2D eigenvalue weighted by atomic mass is 16.1. The van der Waals surface area contributed by atoms with Crippen molar-refractivity contribution in [3.05, 3.63) is 35.4 Å². The average Bonchev–Trinajstić information content (AvgIpc) is 2.36. The van der Waals surface area contributed by atoms with E-state index in [-0.39, 0.29) is 11.8 Å². The molecule has 1 heterocycles. The zero-order chi connectivity index (χ0) is 13.2. The maximum Gasteiger partial charge on any atom is 0.223 e. The third kappa shape index (κ3) is 2.66. The van der Waals surface area contributed by atoms with E-state index in [0.717, 1.165) is 32.4 Å². The second-order valence-corrected chi connectivity index (χ2v) is 5.92. The third-order valence-corrected chi connectivity index (χ3v) is 4.63. The van der Waals surface area contributed by atoms with Crippen LogP contribution < -0.4 is 10.6 Å². The lowest BCUT2D eigenvalue weighted by atomic mass is 9.86. The fourth-order valence-corrected chi connectivity index (χ4v) is 3.03. The Labute approximate surface area is 114 Å². The van der Waals surface area contributed by atoms with Crippen molar-refractivity contribution in [2.24, 2.45) is 11.8 Å². The number of hydrogen-bond acceptors (Lipinski definition) is 2. The molecule has 3 nitrogen and oxygen atoms in total. The van der Waals surface area contributed by atoms with Crippen LogP contribution in [0.3, 0.4) is 0 Å². The van der Waals surface area contributed by atoms with Crippen molar-refractivity contribution in [2.75, 3.05) is 13.1 Å². The molecule has 1 saturated heterocycles. The molecule has 19 heavy (non-hydrogen) atoms. The summed E-state index contributed by atoms with van der Waals surface area (Å²) in [6.07, 6.45) is 3.14. The van der Waals surface area contributed by atoms with Gasteiger partial charge >= 0.3 is 0 Å². The summed E-state index contributed by atoms with van der Waals surface area (Å²) >= 11 is 0. The molecule has 1 aliphatic heterocycles. The molecular formula is C16H22N2O. The van der Waals surface area contributed by atoms with Gasteiger partial charge in [-0.1, -0.05) is 31.2 Å². The predicted octanol–water partition coefficient (Wildman–Crippen LogP) is 1.52. The van der Waals surface area contributed by atoms with Gasteiger partial charge in [0.05, 0.1) is 0 Å². The first kappa shape index (κ1) is 12.7. The molecule has 2 N–H and O–H groups in total. The van der Waals surface area contributed by atoms with Crippen molar-refractivity contribution in [2.45, 2.75) is 32.2 Å². The number of carbonyl (C=O) groups is 1. The zero-order valence-corrected chi connectivity index (χ0v) is 11.5. The van der Waals surface area contributed by atoms with E-state index in [4.69, 9.17) is 0 Å². The fourth-order valence-electron chi connectivity index (χ4n) is 3.03. The molecule has 0 saturated carbocycles. The molecule has 0 aromatic heterocycles. The van der Waals surface area contributed by atoms with Crippen molar-refractivity contribution in [3.8, 4) is 0 Å². The minimum absolute atomic E-state index is 0.137. The molecule has 102 valence electrons. The molecule has 0 bridgehead atoms. The summed E-state index contributed by atoms with van der Waals surface area (Å²) in [4.78, 5) is 12.2. The first-order chi connectivity index (χ1) is 9.24. The van der Waals surface area contributed by atoms with Crippen molar-refractivity contribution in [3.63, 3.8) is 0 Å². The molecular weight excluding hydrogens is 236 g/mol. The van der Waals surface area contributed by atoms with Gasteiger partial charge in [0.2, 0.25) is 5.91 Å². The second kappa shape index (κ2) is 5.33. The number of carbonyl (C=O) groups excluding carboxylic acids is 1. The van der Waals surface area contributed by atoms with E-state index >= 15 is 0 Å². The lowest BCUT2D eigenvalue weighted by Crippen LogP contribution is -2.51. The predicted molar refractivity (Wildman–Crippen MR) is 75.9 cm³/mol. The molecule has 1 amide bonds. The topological polar surface area (TPSA) is 41.1 Å². The number of nitrogens with one attached hydrogen (secondary N) is 2. The molecule has 3 heteroatoms. The van der Waals surface area contributed by atoms with Crippen LogP contribution in [0.25, 0.3) is 0 Å². The summed E-state index contributed by atoms with van der Waals surface area (Å²) in [5.74, 6) is 0.894. The van der Waals surface area contributed by atoms with Crippen molar-refractivity contribution in [1.82, 2.24) is 10.6 Å². The van der Waals surface area contributed by atoms with Crippen LogP contribution in [-0.2, 0) is 17.6 Å². The summed E-state index contributed by atoms with van der Waals surface area (Å²) in [5, 5.41) is 6.48. The van der Waals surface area contributed by atoms with Crippen LogP contribution in [0.5, 0.6) is 0 Å². The van der Waals surface area contributed by atoms with E-state index < -0.39 is 0 Å². The summed E-state index contributed by atoms with van der Waals surface area (Å²) < 4.78 is 0. The van der Waals surface area contributed by atoms with Gasteiger partial charge in [0.15, 0.2) is 0 Å². The molecule has 0 spiro atoms. The Kier molecular flexibility index (Phi) is 3.56. The Hall–Kier alpha value is -1.35. The first-order valence-corrected chi connectivity index (χ1v) is 7.32. The highest BCUT2D eigenvalue weighted by Crippen LogP contribution is 2.22. The van der Waals surface area contributed by atoms with Crippen LogP contribution in [0, 0.1) is 11.8 Å². The Morgan fingerprint density at radius 2 is 2.05 bits per heavy atom. The summed E-state index contributed by atoms with van der Waals surface area (Å²) in [5.41, 5.74) is 2.85. The SMILES string of the molecule is CC(C(=O)NC1CCc2ccccc2C1)C1CNC1. The Morgan fingerprint density at radius 1 is 1.32 bits per heavy atom. The fraction of sp³-hybridized carbons (Fsp3) is 0.562. The lowest BCUT2D eigenvalue weighted by molar-refractivity contribution is -0.127. The second-order valence-electron chi connectivity index (χ2n) is 5.92. The number of benzene rings is 1. The quantitative estimate of drug-likeness (QED) is 0.863. The van der Waals surface area contributed by atoms with Gasteiger partial charge in [-0.15, -0.1) is 0 Å². The van der Waals surface area contributed by atoms with Gasteiger partial charge in [-0.05, 0) is 49.4 Å². The van der Waals surface area contributed by atoms with Crippen LogP contribution in [0.15, 0.2) is 24.3 Å².